The molecule has 0 spiro atoms. The van der Waals surface area contributed by atoms with Crippen LogP contribution in [0.15, 0.2) is 18.2 Å². The van der Waals surface area contributed by atoms with Gasteiger partial charge >= 0.3 is 0 Å². The van der Waals surface area contributed by atoms with Crippen molar-refractivity contribution < 1.29 is 9.13 Å². The Hall–Kier alpha value is -0.550. The zero-order valence-electron chi connectivity index (χ0n) is 14.3. The van der Waals surface area contributed by atoms with Gasteiger partial charge < -0.3 is 10.1 Å². The molecule has 0 radical (unpaired) electrons. The molecule has 138 valence electrons. The molecule has 3 nitrogen and oxygen atoms in total. The molecule has 1 heterocycles. The normalized spacial score (nSPS) is 20.6. The first-order chi connectivity index (χ1) is 10.8. The third kappa shape index (κ3) is 4.75. The van der Waals surface area contributed by atoms with E-state index in [-0.39, 0.29) is 36.7 Å². The Labute approximate surface area is 157 Å². The molecule has 1 aliphatic heterocycles. The van der Waals surface area contributed by atoms with Gasteiger partial charge in [-0.3, -0.25) is 4.90 Å². The molecule has 2 fully saturated rings. The Morgan fingerprint density at radius 1 is 1.12 bits per heavy atom. The minimum absolute atomic E-state index is 0. The number of piperazine rings is 1. The minimum atomic E-state index is -0.240. The lowest BCUT2D eigenvalue weighted by molar-refractivity contribution is 0.101. The highest BCUT2D eigenvalue weighted by Gasteiger charge is 2.33. The molecule has 2 aliphatic rings. The Morgan fingerprint density at radius 3 is 2.42 bits per heavy atom. The standard InChI is InChI=1S/C18H27FN2O.2ClH/c1-22-18-15(8-5-9-16(18)19)17(14-6-3-2-4-7-14)21-12-10-20-11-13-21;;/h5,8-9,14,17,20H,2-4,6-7,10-13H2,1H3;2*1H/t17-;;/m1../s1. The number of hydrogen-bond donors (Lipinski definition) is 1. The fourth-order valence-electron chi connectivity index (χ4n) is 4.13. The fourth-order valence-corrected chi connectivity index (χ4v) is 4.13. The maximum atomic E-state index is 14.2. The topological polar surface area (TPSA) is 24.5 Å². The molecule has 1 aromatic carbocycles. The summed E-state index contributed by atoms with van der Waals surface area (Å²) in [4.78, 5) is 2.53. The van der Waals surface area contributed by atoms with Crippen molar-refractivity contribution in [1.29, 1.82) is 0 Å². The van der Waals surface area contributed by atoms with Crippen LogP contribution in [0.1, 0.15) is 43.7 Å². The van der Waals surface area contributed by atoms with Crippen LogP contribution in [0, 0.1) is 11.7 Å². The highest BCUT2D eigenvalue weighted by atomic mass is 35.5. The van der Waals surface area contributed by atoms with E-state index in [1.807, 2.05) is 6.07 Å². The second-order valence-corrected chi connectivity index (χ2v) is 6.49. The second-order valence-electron chi connectivity index (χ2n) is 6.49. The zero-order chi connectivity index (χ0) is 15.4. The van der Waals surface area contributed by atoms with Gasteiger partial charge in [0.2, 0.25) is 0 Å². The van der Waals surface area contributed by atoms with Gasteiger partial charge in [-0.1, -0.05) is 31.4 Å². The molecule has 0 bridgehead atoms. The van der Waals surface area contributed by atoms with Gasteiger partial charge in [0.25, 0.3) is 0 Å². The third-order valence-electron chi connectivity index (χ3n) is 5.16. The molecule has 1 aromatic rings. The van der Waals surface area contributed by atoms with Crippen LogP contribution in [-0.2, 0) is 0 Å². The first-order valence-corrected chi connectivity index (χ1v) is 8.58. The number of halogens is 3. The van der Waals surface area contributed by atoms with Gasteiger partial charge in [0, 0.05) is 37.8 Å². The van der Waals surface area contributed by atoms with Gasteiger partial charge in [-0.25, -0.2) is 4.39 Å². The van der Waals surface area contributed by atoms with E-state index in [4.69, 9.17) is 4.74 Å². The largest absolute Gasteiger partial charge is 0.493 e. The highest BCUT2D eigenvalue weighted by molar-refractivity contribution is 5.85. The van der Waals surface area contributed by atoms with Crippen molar-refractivity contribution in [2.75, 3.05) is 33.3 Å². The van der Waals surface area contributed by atoms with Gasteiger partial charge in [-0.2, -0.15) is 0 Å². The van der Waals surface area contributed by atoms with Crippen molar-refractivity contribution in [2.24, 2.45) is 5.92 Å². The minimum Gasteiger partial charge on any atom is -0.493 e. The molecule has 24 heavy (non-hydrogen) atoms. The van der Waals surface area contributed by atoms with Gasteiger partial charge in [-0.05, 0) is 24.8 Å². The molecule has 1 atom stereocenters. The van der Waals surface area contributed by atoms with Crippen LogP contribution in [0.3, 0.4) is 0 Å². The average molecular weight is 379 g/mol. The van der Waals surface area contributed by atoms with E-state index in [9.17, 15) is 4.39 Å². The molecular weight excluding hydrogens is 350 g/mol. The molecule has 0 aromatic heterocycles. The monoisotopic (exact) mass is 378 g/mol. The van der Waals surface area contributed by atoms with Crippen LogP contribution < -0.4 is 10.1 Å². The first-order valence-electron chi connectivity index (χ1n) is 8.58. The van der Waals surface area contributed by atoms with Crippen molar-refractivity contribution in [3.8, 4) is 5.75 Å². The van der Waals surface area contributed by atoms with Crippen molar-refractivity contribution in [3.05, 3.63) is 29.6 Å². The van der Waals surface area contributed by atoms with Crippen LogP contribution in [0.4, 0.5) is 4.39 Å². The van der Waals surface area contributed by atoms with E-state index in [0.29, 0.717) is 11.7 Å². The third-order valence-corrected chi connectivity index (χ3v) is 5.16. The van der Waals surface area contributed by atoms with E-state index in [1.165, 1.54) is 38.2 Å². The summed E-state index contributed by atoms with van der Waals surface area (Å²) in [5.74, 6) is 0.815. The molecule has 1 N–H and O–H groups in total. The molecule has 6 heteroatoms. The van der Waals surface area contributed by atoms with Gasteiger partial charge in [0.05, 0.1) is 7.11 Å². The summed E-state index contributed by atoms with van der Waals surface area (Å²) >= 11 is 0. The molecule has 1 saturated carbocycles. The quantitative estimate of drug-likeness (QED) is 0.849. The Kier molecular flexibility index (Phi) is 9.35. The second kappa shape index (κ2) is 10.4. The summed E-state index contributed by atoms with van der Waals surface area (Å²) in [6, 6.07) is 5.67. The van der Waals surface area contributed by atoms with Crippen LogP contribution in [0.25, 0.3) is 0 Å². The molecular formula is C18H29Cl2FN2O. The maximum Gasteiger partial charge on any atom is 0.165 e. The van der Waals surface area contributed by atoms with Crippen LogP contribution >= 0.6 is 24.8 Å². The summed E-state index contributed by atoms with van der Waals surface area (Å²) in [6.45, 7) is 4.09. The summed E-state index contributed by atoms with van der Waals surface area (Å²) < 4.78 is 19.6. The summed E-state index contributed by atoms with van der Waals surface area (Å²) in [7, 11) is 1.58. The number of para-hydroxylation sites is 1. The van der Waals surface area contributed by atoms with Gasteiger partial charge in [0.15, 0.2) is 11.6 Å². The lowest BCUT2D eigenvalue weighted by atomic mass is 9.80. The highest BCUT2D eigenvalue weighted by Crippen LogP contribution is 2.42. The van der Waals surface area contributed by atoms with E-state index >= 15 is 0 Å². The summed E-state index contributed by atoms with van der Waals surface area (Å²) in [5, 5.41) is 3.42. The average Bonchev–Trinajstić information content (AvgIpc) is 2.57. The Bertz CT molecular complexity index is 474. The number of methoxy groups -OCH3 is 1. The molecule has 1 saturated heterocycles. The van der Waals surface area contributed by atoms with Crippen molar-refractivity contribution in [2.45, 2.75) is 38.1 Å². The smallest absolute Gasteiger partial charge is 0.165 e. The van der Waals surface area contributed by atoms with E-state index in [0.717, 1.165) is 31.7 Å². The number of nitrogens with zero attached hydrogens (tertiary/aromatic N) is 1. The van der Waals surface area contributed by atoms with Crippen LogP contribution in [0.5, 0.6) is 5.75 Å². The van der Waals surface area contributed by atoms with Crippen molar-refractivity contribution in [3.63, 3.8) is 0 Å². The zero-order valence-corrected chi connectivity index (χ0v) is 15.9. The predicted molar refractivity (Wildman–Crippen MR) is 101 cm³/mol. The number of hydrogen-bond acceptors (Lipinski definition) is 3. The van der Waals surface area contributed by atoms with E-state index in [1.54, 1.807) is 7.11 Å². The van der Waals surface area contributed by atoms with Crippen molar-refractivity contribution in [1.82, 2.24) is 10.2 Å². The van der Waals surface area contributed by atoms with Crippen LogP contribution in [0.2, 0.25) is 0 Å². The number of rotatable bonds is 4. The first kappa shape index (κ1) is 21.5. The summed E-state index contributed by atoms with van der Waals surface area (Å²) in [5.41, 5.74) is 1.04. The van der Waals surface area contributed by atoms with Crippen molar-refractivity contribution >= 4 is 24.8 Å². The number of ether oxygens (including phenoxy) is 1. The molecule has 3 rings (SSSR count). The Balaban J connectivity index is 0.00000144. The molecule has 0 amide bonds. The summed E-state index contributed by atoms with van der Waals surface area (Å²) in [6.07, 6.45) is 6.42. The fraction of sp³-hybridized carbons (Fsp3) is 0.667. The lowest BCUT2D eigenvalue weighted by Crippen LogP contribution is -2.47. The molecule has 0 unspecified atom stereocenters. The van der Waals surface area contributed by atoms with E-state index < -0.39 is 0 Å². The molecule has 1 aliphatic carbocycles. The number of nitrogens with one attached hydrogen (secondary N) is 1. The van der Waals surface area contributed by atoms with E-state index in [2.05, 4.69) is 16.3 Å². The van der Waals surface area contributed by atoms with Gasteiger partial charge in [-0.15, -0.1) is 24.8 Å². The number of benzene rings is 1. The van der Waals surface area contributed by atoms with Gasteiger partial charge in [0.1, 0.15) is 0 Å². The Morgan fingerprint density at radius 2 is 1.79 bits per heavy atom. The predicted octanol–water partition coefficient (Wildman–Crippen LogP) is 4.20. The SMILES string of the molecule is COc1c(F)cccc1[C@@H](C1CCCCC1)N1CCNCC1.Cl.Cl. The maximum absolute atomic E-state index is 14.2. The lowest BCUT2D eigenvalue weighted by Gasteiger charge is -2.41. The van der Waals surface area contributed by atoms with Crippen LogP contribution in [-0.4, -0.2) is 38.2 Å².